The number of fused-ring (bicyclic) bond motifs is 3. The molecule has 0 spiro atoms. The fraction of sp³-hybridized carbons (Fsp3) is 0.375. The van der Waals surface area contributed by atoms with E-state index in [0.29, 0.717) is 12.4 Å². The van der Waals surface area contributed by atoms with Gasteiger partial charge in [0.1, 0.15) is 16.4 Å². The van der Waals surface area contributed by atoms with E-state index >= 15 is 0 Å². The third kappa shape index (κ3) is 2.28. The molecule has 0 saturated heterocycles. The second-order valence-corrected chi connectivity index (χ2v) is 6.75. The lowest BCUT2D eigenvalue weighted by molar-refractivity contribution is 0.427. The topological polar surface area (TPSA) is 70.9 Å². The van der Waals surface area contributed by atoms with E-state index in [2.05, 4.69) is 15.3 Å². The highest BCUT2D eigenvalue weighted by molar-refractivity contribution is 7.18. The van der Waals surface area contributed by atoms with E-state index in [1.165, 1.54) is 10.4 Å². The number of nitrogens with one attached hydrogen (secondary N) is 2. The van der Waals surface area contributed by atoms with Crippen LogP contribution in [0.15, 0.2) is 27.6 Å². The molecule has 22 heavy (non-hydrogen) atoms. The van der Waals surface area contributed by atoms with Crippen LogP contribution in [0.4, 0.5) is 0 Å². The van der Waals surface area contributed by atoms with E-state index in [9.17, 15) is 4.79 Å². The molecule has 5 nitrogen and oxygen atoms in total. The van der Waals surface area contributed by atoms with Gasteiger partial charge in [0.05, 0.1) is 24.2 Å². The fourth-order valence-electron chi connectivity index (χ4n) is 3.02. The molecular weight excluding hydrogens is 298 g/mol. The number of hydrogen-bond donors (Lipinski definition) is 2. The Balaban J connectivity index is 1.59. The fourth-order valence-corrected chi connectivity index (χ4v) is 4.30. The summed E-state index contributed by atoms with van der Waals surface area (Å²) in [4.78, 5) is 22.1. The van der Waals surface area contributed by atoms with E-state index < -0.39 is 0 Å². The normalized spacial score (nSPS) is 15.3. The van der Waals surface area contributed by atoms with Crippen molar-refractivity contribution in [3.63, 3.8) is 0 Å². The van der Waals surface area contributed by atoms with Gasteiger partial charge in [-0.3, -0.25) is 4.79 Å². The van der Waals surface area contributed by atoms with Crippen LogP contribution in [0.2, 0.25) is 0 Å². The first-order valence-electron chi connectivity index (χ1n) is 7.52. The molecular formula is C16H17N3O2S. The van der Waals surface area contributed by atoms with Crippen molar-refractivity contribution in [3.8, 4) is 0 Å². The third-order valence-electron chi connectivity index (χ3n) is 4.17. The van der Waals surface area contributed by atoms with Crippen molar-refractivity contribution in [2.75, 3.05) is 0 Å². The summed E-state index contributed by atoms with van der Waals surface area (Å²) in [5.74, 6) is 1.55. The zero-order valence-electron chi connectivity index (χ0n) is 12.3. The van der Waals surface area contributed by atoms with Crippen LogP contribution in [-0.2, 0) is 19.4 Å². The summed E-state index contributed by atoms with van der Waals surface area (Å²) in [7, 11) is 0. The second kappa shape index (κ2) is 5.37. The molecule has 0 fully saturated rings. The Morgan fingerprint density at radius 3 is 3.23 bits per heavy atom. The summed E-state index contributed by atoms with van der Waals surface area (Å²) in [6.45, 7) is 2.53. The van der Waals surface area contributed by atoms with E-state index in [0.717, 1.165) is 35.2 Å². The molecule has 1 aliphatic carbocycles. The predicted octanol–water partition coefficient (Wildman–Crippen LogP) is 2.92. The molecule has 1 atom stereocenters. The Labute approximate surface area is 131 Å². The molecule has 114 valence electrons. The van der Waals surface area contributed by atoms with Gasteiger partial charge in [0.15, 0.2) is 0 Å². The van der Waals surface area contributed by atoms with Gasteiger partial charge in [-0.05, 0) is 43.9 Å². The summed E-state index contributed by atoms with van der Waals surface area (Å²) < 4.78 is 5.37. The Morgan fingerprint density at radius 2 is 2.41 bits per heavy atom. The van der Waals surface area contributed by atoms with Crippen LogP contribution in [-0.4, -0.2) is 9.97 Å². The number of nitrogens with zero attached hydrogens (tertiary/aromatic N) is 1. The highest BCUT2D eigenvalue weighted by Gasteiger charge is 2.21. The van der Waals surface area contributed by atoms with Crippen LogP contribution >= 0.6 is 11.3 Å². The molecule has 4 rings (SSSR count). The molecule has 0 saturated carbocycles. The van der Waals surface area contributed by atoms with Crippen molar-refractivity contribution in [1.29, 1.82) is 0 Å². The van der Waals surface area contributed by atoms with Gasteiger partial charge in [0, 0.05) is 4.88 Å². The van der Waals surface area contributed by atoms with Crippen LogP contribution in [0.3, 0.4) is 0 Å². The van der Waals surface area contributed by atoms with Gasteiger partial charge >= 0.3 is 0 Å². The zero-order chi connectivity index (χ0) is 15.1. The molecule has 3 heterocycles. The van der Waals surface area contributed by atoms with E-state index in [1.807, 2.05) is 19.1 Å². The lowest BCUT2D eigenvalue weighted by atomic mass is 10.2. The summed E-state index contributed by atoms with van der Waals surface area (Å²) in [5.41, 5.74) is 1.21. The molecule has 1 aliphatic rings. The Morgan fingerprint density at radius 1 is 1.50 bits per heavy atom. The largest absolute Gasteiger partial charge is 0.468 e. The number of aryl methyl sites for hydroxylation is 2. The highest BCUT2D eigenvalue weighted by Crippen LogP contribution is 2.34. The summed E-state index contributed by atoms with van der Waals surface area (Å²) in [6, 6.07) is 3.87. The minimum atomic E-state index is -0.00754. The van der Waals surface area contributed by atoms with E-state index in [4.69, 9.17) is 4.42 Å². The number of aromatic nitrogens is 2. The van der Waals surface area contributed by atoms with Crippen molar-refractivity contribution < 1.29 is 4.42 Å². The standard InChI is InChI=1S/C16H17N3O2S/c1-9(11-5-3-7-21-11)17-8-13-18-15(20)14-10-4-2-6-12(10)22-16(14)19-13/h3,5,7,9,17H,2,4,6,8H2,1H3,(H,18,19,20)/t9-/m0/s1. The third-order valence-corrected chi connectivity index (χ3v) is 5.36. The van der Waals surface area contributed by atoms with Gasteiger partial charge in [-0.1, -0.05) is 0 Å². The number of H-pyrrole nitrogens is 1. The lowest BCUT2D eigenvalue weighted by Crippen LogP contribution is -2.21. The quantitative estimate of drug-likeness (QED) is 0.776. The predicted molar refractivity (Wildman–Crippen MR) is 86.2 cm³/mol. The minimum Gasteiger partial charge on any atom is -0.468 e. The summed E-state index contributed by atoms with van der Waals surface area (Å²) in [5, 5.41) is 4.13. The molecule has 3 aromatic rings. The van der Waals surface area contributed by atoms with Gasteiger partial charge in [-0.25, -0.2) is 4.98 Å². The molecule has 0 bridgehead atoms. The van der Waals surface area contributed by atoms with Gasteiger partial charge < -0.3 is 14.7 Å². The van der Waals surface area contributed by atoms with Gasteiger partial charge in [-0.15, -0.1) is 11.3 Å². The molecule has 0 unspecified atom stereocenters. The van der Waals surface area contributed by atoms with Crippen LogP contribution in [0.25, 0.3) is 10.2 Å². The molecule has 0 amide bonds. The number of thiophene rings is 1. The smallest absolute Gasteiger partial charge is 0.259 e. The molecule has 6 heteroatoms. The van der Waals surface area contributed by atoms with Crippen molar-refractivity contribution in [3.05, 3.63) is 50.8 Å². The van der Waals surface area contributed by atoms with Crippen LogP contribution in [0, 0.1) is 0 Å². The Hall–Kier alpha value is -1.92. The van der Waals surface area contributed by atoms with Crippen molar-refractivity contribution in [2.45, 2.75) is 38.8 Å². The van der Waals surface area contributed by atoms with Crippen LogP contribution in [0.1, 0.15) is 41.4 Å². The molecule has 0 aliphatic heterocycles. The Kier molecular flexibility index (Phi) is 3.35. The first kappa shape index (κ1) is 13.7. The van der Waals surface area contributed by atoms with Crippen molar-refractivity contribution in [2.24, 2.45) is 0 Å². The number of rotatable bonds is 4. The van der Waals surface area contributed by atoms with E-state index in [-0.39, 0.29) is 11.6 Å². The monoisotopic (exact) mass is 315 g/mol. The second-order valence-electron chi connectivity index (χ2n) is 5.67. The lowest BCUT2D eigenvalue weighted by Gasteiger charge is -2.10. The van der Waals surface area contributed by atoms with Gasteiger partial charge in [0.25, 0.3) is 5.56 Å². The average Bonchev–Trinajstić information content (AvgIpc) is 3.20. The maximum atomic E-state index is 12.4. The molecule has 0 radical (unpaired) electrons. The summed E-state index contributed by atoms with van der Waals surface area (Å²) in [6.07, 6.45) is 4.90. The van der Waals surface area contributed by atoms with Crippen LogP contribution in [0.5, 0.6) is 0 Å². The maximum Gasteiger partial charge on any atom is 0.259 e. The number of furan rings is 1. The van der Waals surface area contributed by atoms with Crippen molar-refractivity contribution in [1.82, 2.24) is 15.3 Å². The molecule has 3 aromatic heterocycles. The first-order chi connectivity index (χ1) is 10.7. The molecule has 2 N–H and O–H groups in total. The number of aromatic amines is 1. The van der Waals surface area contributed by atoms with Crippen molar-refractivity contribution >= 4 is 21.6 Å². The first-order valence-corrected chi connectivity index (χ1v) is 8.34. The van der Waals surface area contributed by atoms with Crippen LogP contribution < -0.4 is 10.9 Å². The average molecular weight is 315 g/mol. The maximum absolute atomic E-state index is 12.4. The molecule has 0 aromatic carbocycles. The number of hydrogen-bond acceptors (Lipinski definition) is 5. The van der Waals surface area contributed by atoms with Gasteiger partial charge in [0.2, 0.25) is 0 Å². The van der Waals surface area contributed by atoms with Gasteiger partial charge in [-0.2, -0.15) is 0 Å². The zero-order valence-corrected chi connectivity index (χ0v) is 13.1. The summed E-state index contributed by atoms with van der Waals surface area (Å²) >= 11 is 1.67. The minimum absolute atomic E-state index is 0.00754. The van der Waals surface area contributed by atoms with E-state index in [1.54, 1.807) is 17.6 Å². The highest BCUT2D eigenvalue weighted by atomic mass is 32.1. The SMILES string of the molecule is C[C@H](NCc1nc2sc3c(c2c(=O)[nH]1)CCC3)c1ccco1. The Bertz CT molecular complexity index is 864.